The van der Waals surface area contributed by atoms with Crippen LogP contribution in [-0.2, 0) is 9.53 Å². The van der Waals surface area contributed by atoms with Gasteiger partial charge in [-0.25, -0.2) is 9.89 Å². The van der Waals surface area contributed by atoms with E-state index in [9.17, 15) is 14.4 Å². The summed E-state index contributed by atoms with van der Waals surface area (Å²) in [5.74, 6) is -1.12. The number of para-hydroxylation sites is 1. The number of carbonyl (C=O) groups is 2. The molecule has 0 unspecified atom stereocenters. The summed E-state index contributed by atoms with van der Waals surface area (Å²) in [6, 6.07) is 15.7. The lowest BCUT2D eigenvalue weighted by Crippen LogP contribution is -2.34. The summed E-state index contributed by atoms with van der Waals surface area (Å²) in [7, 11) is 0. The molecule has 1 N–H and O–H groups in total. The molecule has 1 heterocycles. The highest BCUT2D eigenvalue weighted by atomic mass is 16.5. The van der Waals surface area contributed by atoms with Crippen molar-refractivity contribution in [2.75, 3.05) is 18.1 Å². The van der Waals surface area contributed by atoms with E-state index in [-0.39, 0.29) is 11.6 Å². The first-order valence-corrected chi connectivity index (χ1v) is 8.11. The molecule has 0 aliphatic heterocycles. The molecule has 0 bridgehead atoms. The van der Waals surface area contributed by atoms with Crippen LogP contribution in [0.25, 0.3) is 10.8 Å². The number of hydrogen-bond donors (Lipinski definition) is 1. The highest BCUT2D eigenvalue weighted by Crippen LogP contribution is 2.15. The van der Waals surface area contributed by atoms with Gasteiger partial charge in [-0.15, -0.1) is 0 Å². The quantitative estimate of drug-likeness (QED) is 0.711. The molecule has 132 valence electrons. The van der Waals surface area contributed by atoms with Crippen LogP contribution < -0.4 is 10.5 Å². The molecular weight excluding hydrogens is 334 g/mol. The lowest BCUT2D eigenvalue weighted by atomic mass is 10.1. The highest BCUT2D eigenvalue weighted by Gasteiger charge is 2.19. The number of hydrogen-bond acceptors (Lipinski definition) is 5. The van der Waals surface area contributed by atoms with Crippen LogP contribution in [0.1, 0.15) is 17.4 Å². The van der Waals surface area contributed by atoms with Crippen molar-refractivity contribution in [1.29, 1.82) is 0 Å². The van der Waals surface area contributed by atoms with Crippen molar-refractivity contribution in [3.05, 3.63) is 70.6 Å². The highest BCUT2D eigenvalue weighted by molar-refractivity contribution is 6.03. The molecule has 0 aliphatic rings. The minimum Gasteiger partial charge on any atom is -0.451 e. The third kappa shape index (κ3) is 3.46. The zero-order valence-electron chi connectivity index (χ0n) is 14.1. The van der Waals surface area contributed by atoms with E-state index in [2.05, 4.69) is 10.2 Å². The minimum atomic E-state index is -0.769. The van der Waals surface area contributed by atoms with E-state index in [4.69, 9.17) is 4.74 Å². The van der Waals surface area contributed by atoms with Crippen molar-refractivity contribution in [2.24, 2.45) is 0 Å². The molecule has 0 fully saturated rings. The van der Waals surface area contributed by atoms with E-state index >= 15 is 0 Å². The van der Waals surface area contributed by atoms with Crippen LogP contribution in [0.5, 0.6) is 0 Å². The van der Waals surface area contributed by atoms with Crippen LogP contribution in [0, 0.1) is 0 Å². The van der Waals surface area contributed by atoms with E-state index in [1.165, 1.54) is 4.90 Å². The average molecular weight is 351 g/mol. The number of anilines is 1. The molecule has 0 aliphatic carbocycles. The first kappa shape index (κ1) is 17.3. The number of H-pyrrole nitrogens is 1. The Balaban J connectivity index is 1.76. The Morgan fingerprint density at radius 2 is 1.69 bits per heavy atom. The number of likely N-dealkylation sites (N-methyl/N-ethyl adjacent to an activating group) is 1. The number of esters is 1. The van der Waals surface area contributed by atoms with Crippen LogP contribution in [0.15, 0.2) is 59.4 Å². The number of nitrogens with one attached hydrogen (secondary N) is 1. The molecule has 0 saturated carbocycles. The molecular formula is C19H17N3O4. The van der Waals surface area contributed by atoms with Gasteiger partial charge in [-0.1, -0.05) is 36.4 Å². The predicted octanol–water partition coefficient (Wildman–Crippen LogP) is 2.13. The van der Waals surface area contributed by atoms with Gasteiger partial charge in [0.2, 0.25) is 0 Å². The Labute approximate surface area is 149 Å². The van der Waals surface area contributed by atoms with Crippen LogP contribution >= 0.6 is 0 Å². The number of rotatable bonds is 5. The van der Waals surface area contributed by atoms with E-state index in [1.54, 1.807) is 36.4 Å². The van der Waals surface area contributed by atoms with Gasteiger partial charge in [-0.2, -0.15) is 5.10 Å². The van der Waals surface area contributed by atoms with Crippen molar-refractivity contribution in [2.45, 2.75) is 6.92 Å². The SMILES string of the molecule is CCN(C(=O)COC(=O)c1n[nH]c(=O)c2ccccc12)c1ccccc1. The monoisotopic (exact) mass is 351 g/mol. The van der Waals surface area contributed by atoms with Crippen molar-refractivity contribution in [3.63, 3.8) is 0 Å². The normalized spacial score (nSPS) is 10.5. The fourth-order valence-electron chi connectivity index (χ4n) is 2.65. The number of amides is 1. The van der Waals surface area contributed by atoms with Gasteiger partial charge >= 0.3 is 5.97 Å². The van der Waals surface area contributed by atoms with E-state index < -0.39 is 18.1 Å². The Hall–Kier alpha value is -3.48. The maximum Gasteiger partial charge on any atom is 0.359 e. The molecule has 1 aromatic heterocycles. The second kappa shape index (κ2) is 7.60. The number of benzene rings is 2. The summed E-state index contributed by atoms with van der Waals surface area (Å²) >= 11 is 0. The Morgan fingerprint density at radius 1 is 1.04 bits per heavy atom. The molecule has 0 spiro atoms. The summed E-state index contributed by atoms with van der Waals surface area (Å²) in [6.45, 7) is 1.86. The fourth-order valence-corrected chi connectivity index (χ4v) is 2.65. The van der Waals surface area contributed by atoms with E-state index in [1.807, 2.05) is 25.1 Å². The minimum absolute atomic E-state index is 0.0317. The van der Waals surface area contributed by atoms with Gasteiger partial charge < -0.3 is 9.64 Å². The number of aromatic nitrogens is 2. The van der Waals surface area contributed by atoms with E-state index in [0.717, 1.165) is 5.69 Å². The number of carbonyl (C=O) groups excluding carboxylic acids is 2. The molecule has 3 rings (SSSR count). The standard InChI is InChI=1S/C19H17N3O4/c1-2-22(13-8-4-3-5-9-13)16(23)12-26-19(25)17-14-10-6-7-11-15(14)18(24)21-20-17/h3-11H,2,12H2,1H3,(H,21,24). The van der Waals surface area contributed by atoms with E-state index in [0.29, 0.717) is 17.3 Å². The topological polar surface area (TPSA) is 92.4 Å². The molecule has 2 aromatic carbocycles. The average Bonchev–Trinajstić information content (AvgIpc) is 2.68. The molecule has 0 saturated heterocycles. The van der Waals surface area contributed by atoms with Crippen LogP contribution in [0.4, 0.5) is 5.69 Å². The Morgan fingerprint density at radius 3 is 2.38 bits per heavy atom. The predicted molar refractivity (Wildman–Crippen MR) is 97.1 cm³/mol. The van der Waals surface area contributed by atoms with Crippen molar-refractivity contribution >= 4 is 28.3 Å². The van der Waals surface area contributed by atoms with Gasteiger partial charge in [0.05, 0.1) is 5.39 Å². The smallest absolute Gasteiger partial charge is 0.359 e. The Bertz CT molecular complexity index is 998. The van der Waals surface area contributed by atoms with Gasteiger partial charge in [0.15, 0.2) is 12.3 Å². The second-order valence-corrected chi connectivity index (χ2v) is 5.50. The number of aromatic amines is 1. The van der Waals surface area contributed by atoms with Crippen molar-refractivity contribution in [3.8, 4) is 0 Å². The largest absolute Gasteiger partial charge is 0.451 e. The molecule has 26 heavy (non-hydrogen) atoms. The van der Waals surface area contributed by atoms with Crippen LogP contribution in [0.3, 0.4) is 0 Å². The summed E-state index contributed by atoms with van der Waals surface area (Å²) in [5.41, 5.74) is 0.300. The molecule has 0 radical (unpaired) electrons. The first-order valence-electron chi connectivity index (χ1n) is 8.11. The summed E-state index contributed by atoms with van der Waals surface area (Å²) in [6.07, 6.45) is 0. The van der Waals surface area contributed by atoms with Gasteiger partial charge in [0.1, 0.15) is 0 Å². The molecule has 1 amide bonds. The van der Waals surface area contributed by atoms with Crippen molar-refractivity contribution in [1.82, 2.24) is 10.2 Å². The first-order chi connectivity index (χ1) is 12.6. The zero-order valence-corrected chi connectivity index (χ0v) is 14.1. The van der Waals surface area contributed by atoms with Crippen LogP contribution in [-0.4, -0.2) is 35.2 Å². The third-order valence-corrected chi connectivity index (χ3v) is 3.90. The third-order valence-electron chi connectivity index (χ3n) is 3.90. The lowest BCUT2D eigenvalue weighted by molar-refractivity contribution is -0.121. The van der Waals surface area contributed by atoms with Gasteiger partial charge in [0.25, 0.3) is 11.5 Å². The lowest BCUT2D eigenvalue weighted by Gasteiger charge is -2.20. The maximum absolute atomic E-state index is 12.4. The molecule has 0 atom stereocenters. The number of nitrogens with zero attached hydrogens (tertiary/aromatic N) is 2. The van der Waals surface area contributed by atoms with Gasteiger partial charge in [-0.05, 0) is 25.1 Å². The molecule has 7 heteroatoms. The summed E-state index contributed by atoms with van der Waals surface area (Å²) < 4.78 is 5.13. The summed E-state index contributed by atoms with van der Waals surface area (Å²) in [5, 5.41) is 6.75. The number of fused-ring (bicyclic) bond motifs is 1. The summed E-state index contributed by atoms with van der Waals surface area (Å²) in [4.78, 5) is 38.0. The van der Waals surface area contributed by atoms with Gasteiger partial charge in [0, 0.05) is 17.6 Å². The Kier molecular flexibility index (Phi) is 5.07. The van der Waals surface area contributed by atoms with Gasteiger partial charge in [-0.3, -0.25) is 9.59 Å². The van der Waals surface area contributed by atoms with Crippen LogP contribution in [0.2, 0.25) is 0 Å². The zero-order chi connectivity index (χ0) is 18.5. The molecule has 7 nitrogen and oxygen atoms in total. The second-order valence-electron chi connectivity index (χ2n) is 5.50. The number of ether oxygens (including phenoxy) is 1. The molecule has 3 aromatic rings. The van der Waals surface area contributed by atoms with Crippen molar-refractivity contribution < 1.29 is 14.3 Å². The fraction of sp³-hybridized carbons (Fsp3) is 0.158. The maximum atomic E-state index is 12.4.